The first kappa shape index (κ1) is 33.1. The van der Waals surface area contributed by atoms with Crippen molar-refractivity contribution in [2.45, 2.75) is 89.8 Å². The van der Waals surface area contributed by atoms with Gasteiger partial charge in [0.2, 0.25) is 0 Å². The number of nitrogens with zero attached hydrogens (tertiary/aromatic N) is 1. The summed E-state index contributed by atoms with van der Waals surface area (Å²) in [5.41, 5.74) is -2.21. The number of methoxy groups -OCH3 is 1. The van der Waals surface area contributed by atoms with Crippen LogP contribution < -0.4 is 5.32 Å². The van der Waals surface area contributed by atoms with Crippen LogP contribution in [0.2, 0.25) is 0 Å². The number of carbonyl (C=O) groups is 5. The van der Waals surface area contributed by atoms with E-state index in [2.05, 4.69) is 11.9 Å². The Balaban J connectivity index is 2.70. The van der Waals surface area contributed by atoms with E-state index < -0.39 is 66.0 Å². The van der Waals surface area contributed by atoms with Crippen LogP contribution in [0.15, 0.2) is 43.0 Å². The number of amides is 2. The summed E-state index contributed by atoms with van der Waals surface area (Å²) in [7, 11) is 1.15. The Hall–Kier alpha value is -4.09. The minimum absolute atomic E-state index is 0.0290. The van der Waals surface area contributed by atoms with Crippen LogP contribution in [0.25, 0.3) is 0 Å². The Labute approximate surface area is 240 Å². The molecule has 2 amide bonds. The van der Waals surface area contributed by atoms with E-state index in [9.17, 15) is 24.0 Å². The second-order valence-electron chi connectivity index (χ2n) is 10.6. The highest BCUT2D eigenvalue weighted by atomic mass is 16.6. The fourth-order valence-corrected chi connectivity index (χ4v) is 4.79. The van der Waals surface area contributed by atoms with Gasteiger partial charge in [-0.15, -0.1) is 6.58 Å². The second kappa shape index (κ2) is 14.5. The molecule has 1 aliphatic rings. The van der Waals surface area contributed by atoms with Crippen LogP contribution in [-0.2, 0) is 44.7 Å². The van der Waals surface area contributed by atoms with E-state index in [0.29, 0.717) is 5.56 Å². The highest BCUT2D eigenvalue weighted by Crippen LogP contribution is 2.42. The zero-order chi connectivity index (χ0) is 30.8. The minimum Gasteiger partial charge on any atom is -0.464 e. The molecule has 1 saturated heterocycles. The molecule has 41 heavy (non-hydrogen) atoms. The van der Waals surface area contributed by atoms with Crippen molar-refractivity contribution < 1.29 is 47.7 Å². The number of carbonyl (C=O) groups excluding carboxylic acids is 5. The molecule has 0 saturated carbocycles. The standard InChI is InChI=1S/C29H40N2O10/c1-8-12-22-15-16-29(31(22)27(36)37-7,25(34)39-17-21-13-10-9-11-14-21)24(40-20(3)33)23(18-38-19(2)32)30-26(35)41-28(4,5)6/h8-11,13-14,22-24H,1,12,15-18H2,2-7H3,(H,30,35)/t22-,23+,24-,29+/m0/s1. The van der Waals surface area contributed by atoms with Gasteiger partial charge < -0.3 is 29.0 Å². The molecule has 0 unspecified atom stereocenters. The number of hydrogen-bond donors (Lipinski definition) is 1. The average molecular weight is 577 g/mol. The molecule has 2 rings (SSSR count). The second-order valence-corrected chi connectivity index (χ2v) is 10.6. The van der Waals surface area contributed by atoms with Crippen molar-refractivity contribution in [3.05, 3.63) is 48.6 Å². The first-order valence-corrected chi connectivity index (χ1v) is 13.2. The minimum atomic E-state index is -1.99. The lowest BCUT2D eigenvalue weighted by atomic mass is 9.84. The topological polar surface area (TPSA) is 147 Å². The molecule has 0 aliphatic carbocycles. The molecule has 12 nitrogen and oxygen atoms in total. The summed E-state index contributed by atoms with van der Waals surface area (Å²) in [6.45, 7) is 10.3. The summed E-state index contributed by atoms with van der Waals surface area (Å²) in [6, 6.07) is 6.94. The van der Waals surface area contributed by atoms with E-state index in [-0.39, 0.29) is 25.9 Å². The van der Waals surface area contributed by atoms with Gasteiger partial charge in [0.05, 0.1) is 7.11 Å². The van der Waals surface area contributed by atoms with Gasteiger partial charge in [-0.3, -0.25) is 14.5 Å². The van der Waals surface area contributed by atoms with E-state index in [1.165, 1.54) is 4.90 Å². The number of likely N-dealkylation sites (tertiary alicyclic amines) is 1. The van der Waals surface area contributed by atoms with Crippen molar-refractivity contribution in [3.63, 3.8) is 0 Å². The number of hydrogen-bond acceptors (Lipinski definition) is 10. The van der Waals surface area contributed by atoms with Crippen LogP contribution in [0.3, 0.4) is 0 Å². The van der Waals surface area contributed by atoms with Crippen LogP contribution in [0.1, 0.15) is 59.4 Å². The molecule has 0 spiro atoms. The Morgan fingerprint density at radius 1 is 1.10 bits per heavy atom. The summed E-state index contributed by atoms with van der Waals surface area (Å²) in [5, 5.41) is 2.57. The quantitative estimate of drug-likeness (QED) is 0.235. The zero-order valence-electron chi connectivity index (χ0n) is 24.5. The van der Waals surface area contributed by atoms with Gasteiger partial charge in [0.15, 0.2) is 11.6 Å². The van der Waals surface area contributed by atoms with Gasteiger partial charge in [0.25, 0.3) is 0 Å². The Morgan fingerprint density at radius 2 is 1.76 bits per heavy atom. The summed E-state index contributed by atoms with van der Waals surface area (Å²) in [5.74, 6) is -2.41. The summed E-state index contributed by atoms with van der Waals surface area (Å²) in [4.78, 5) is 65.8. The van der Waals surface area contributed by atoms with Crippen LogP contribution >= 0.6 is 0 Å². The predicted molar refractivity (Wildman–Crippen MR) is 146 cm³/mol. The molecule has 1 aromatic carbocycles. The van der Waals surface area contributed by atoms with Crippen LogP contribution in [0.5, 0.6) is 0 Å². The number of alkyl carbamates (subject to hydrolysis) is 1. The van der Waals surface area contributed by atoms with Crippen LogP contribution in [0, 0.1) is 0 Å². The fraction of sp³-hybridized carbons (Fsp3) is 0.552. The van der Waals surface area contributed by atoms with Crippen LogP contribution in [-0.4, -0.2) is 78.0 Å². The SMILES string of the molecule is C=CC[C@H]1CC[C@](C(=O)OCc2ccccc2)([C@@H](OC(C)=O)[C@@H](COC(C)=O)NC(=O)OC(C)(C)C)N1C(=O)OC. The van der Waals surface area contributed by atoms with E-state index in [4.69, 9.17) is 23.7 Å². The van der Waals surface area contributed by atoms with Crippen molar-refractivity contribution in [2.24, 2.45) is 0 Å². The number of ether oxygens (including phenoxy) is 5. The smallest absolute Gasteiger partial charge is 0.410 e. The number of benzene rings is 1. The molecular weight excluding hydrogens is 536 g/mol. The van der Waals surface area contributed by atoms with Crippen molar-refractivity contribution in [2.75, 3.05) is 13.7 Å². The number of nitrogens with one attached hydrogen (secondary N) is 1. The molecular formula is C29H40N2O10. The highest BCUT2D eigenvalue weighted by molar-refractivity contribution is 5.88. The third kappa shape index (κ3) is 8.95. The lowest BCUT2D eigenvalue weighted by molar-refractivity contribution is -0.178. The molecule has 226 valence electrons. The van der Waals surface area contributed by atoms with Gasteiger partial charge in [0.1, 0.15) is 24.9 Å². The molecule has 0 bridgehead atoms. The van der Waals surface area contributed by atoms with E-state index in [1.807, 2.05) is 0 Å². The molecule has 1 aromatic rings. The number of esters is 3. The van der Waals surface area contributed by atoms with Gasteiger partial charge >= 0.3 is 30.1 Å². The van der Waals surface area contributed by atoms with Gasteiger partial charge in [-0.05, 0) is 45.6 Å². The Bertz CT molecular complexity index is 1100. The Kier molecular flexibility index (Phi) is 11.7. The van der Waals surface area contributed by atoms with Gasteiger partial charge in [-0.1, -0.05) is 36.4 Å². The van der Waals surface area contributed by atoms with Crippen molar-refractivity contribution in [3.8, 4) is 0 Å². The zero-order valence-corrected chi connectivity index (χ0v) is 24.5. The maximum absolute atomic E-state index is 14.2. The molecule has 0 aromatic heterocycles. The third-order valence-electron chi connectivity index (χ3n) is 6.33. The average Bonchev–Trinajstić information content (AvgIpc) is 3.27. The van der Waals surface area contributed by atoms with Gasteiger partial charge in [-0.25, -0.2) is 14.4 Å². The van der Waals surface area contributed by atoms with E-state index >= 15 is 0 Å². The van der Waals surface area contributed by atoms with Gasteiger partial charge in [0, 0.05) is 19.9 Å². The van der Waals surface area contributed by atoms with Crippen molar-refractivity contribution in [1.82, 2.24) is 10.2 Å². The molecule has 1 N–H and O–H groups in total. The summed E-state index contributed by atoms with van der Waals surface area (Å²) < 4.78 is 27.1. The highest BCUT2D eigenvalue weighted by Gasteiger charge is 2.63. The normalized spacial score (nSPS) is 19.8. The third-order valence-corrected chi connectivity index (χ3v) is 6.33. The van der Waals surface area contributed by atoms with E-state index in [1.54, 1.807) is 57.2 Å². The first-order chi connectivity index (χ1) is 19.2. The van der Waals surface area contributed by atoms with Crippen molar-refractivity contribution in [1.29, 1.82) is 0 Å². The van der Waals surface area contributed by atoms with Crippen molar-refractivity contribution >= 4 is 30.1 Å². The molecule has 1 fully saturated rings. The molecule has 4 atom stereocenters. The summed E-state index contributed by atoms with van der Waals surface area (Å²) in [6.07, 6.45) is -1.27. The van der Waals surface area contributed by atoms with E-state index in [0.717, 1.165) is 21.0 Å². The number of rotatable bonds is 11. The maximum atomic E-state index is 14.2. The predicted octanol–water partition coefficient (Wildman–Crippen LogP) is 3.66. The molecule has 0 radical (unpaired) electrons. The molecule has 12 heteroatoms. The summed E-state index contributed by atoms with van der Waals surface area (Å²) >= 11 is 0. The largest absolute Gasteiger partial charge is 0.464 e. The van der Waals surface area contributed by atoms with Gasteiger partial charge in [-0.2, -0.15) is 0 Å². The lowest BCUT2D eigenvalue weighted by Crippen LogP contribution is -2.69. The van der Waals surface area contributed by atoms with Crippen LogP contribution in [0.4, 0.5) is 9.59 Å². The monoisotopic (exact) mass is 576 g/mol. The first-order valence-electron chi connectivity index (χ1n) is 13.2. The molecule has 1 aliphatic heterocycles. The molecule has 1 heterocycles. The maximum Gasteiger partial charge on any atom is 0.410 e. The fourth-order valence-electron chi connectivity index (χ4n) is 4.79. The lowest BCUT2D eigenvalue weighted by Gasteiger charge is -2.44. The Morgan fingerprint density at radius 3 is 2.29 bits per heavy atom.